The van der Waals surface area contributed by atoms with Crippen LogP contribution in [-0.2, 0) is 15.4 Å². The minimum absolute atomic E-state index is 0.160. The Hall–Kier alpha value is -1.07. The second-order valence-corrected chi connectivity index (χ2v) is 6.10. The van der Waals surface area contributed by atoms with Crippen LogP contribution in [0.3, 0.4) is 0 Å². The second-order valence-electron chi connectivity index (χ2n) is 4.08. The van der Waals surface area contributed by atoms with Crippen LogP contribution in [0.1, 0.15) is 19.4 Å². The largest absolute Gasteiger partial charge is 0.398 e. The molecule has 0 aliphatic heterocycles. The molecule has 0 aliphatic rings. The van der Waals surface area contributed by atoms with Gasteiger partial charge in [-0.25, -0.2) is 8.42 Å². The Morgan fingerprint density at radius 1 is 1.33 bits per heavy atom. The summed E-state index contributed by atoms with van der Waals surface area (Å²) in [5.41, 5.74) is 5.42. The molecule has 0 radical (unpaired) electrons. The van der Waals surface area contributed by atoms with Crippen molar-refractivity contribution in [1.29, 1.82) is 0 Å². The number of benzene rings is 1. The normalized spacial score (nSPS) is 12.8. The standard InChI is InChI=1S/C10H15NO3S/c1-10(2,12)8-5-4-7(6-9(8)11)15(3,13)14/h4-6,12H,11H2,1-3H3. The highest BCUT2D eigenvalue weighted by Gasteiger charge is 2.20. The average Bonchev–Trinajstić information content (AvgIpc) is 1.99. The molecule has 4 nitrogen and oxygen atoms in total. The fraction of sp³-hybridized carbons (Fsp3) is 0.400. The zero-order chi connectivity index (χ0) is 11.9. The number of nitrogens with two attached hydrogens (primary N) is 1. The van der Waals surface area contributed by atoms with E-state index in [0.29, 0.717) is 5.56 Å². The number of sulfone groups is 1. The summed E-state index contributed by atoms with van der Waals surface area (Å²) in [5, 5.41) is 9.73. The lowest BCUT2D eigenvalue weighted by molar-refractivity contribution is 0.0793. The Bertz CT molecular complexity index is 472. The number of hydrogen-bond acceptors (Lipinski definition) is 4. The van der Waals surface area contributed by atoms with Crippen LogP contribution < -0.4 is 5.73 Å². The fourth-order valence-corrected chi connectivity index (χ4v) is 1.98. The third-order valence-electron chi connectivity index (χ3n) is 2.11. The van der Waals surface area contributed by atoms with Gasteiger partial charge >= 0.3 is 0 Å². The molecule has 0 spiro atoms. The van der Waals surface area contributed by atoms with Gasteiger partial charge in [0.25, 0.3) is 0 Å². The molecule has 5 heteroatoms. The molecule has 84 valence electrons. The lowest BCUT2D eigenvalue weighted by atomic mass is 9.97. The molecule has 0 fully saturated rings. The smallest absolute Gasteiger partial charge is 0.175 e. The van der Waals surface area contributed by atoms with Crippen LogP contribution >= 0.6 is 0 Å². The van der Waals surface area contributed by atoms with E-state index in [-0.39, 0.29) is 10.6 Å². The van der Waals surface area contributed by atoms with Crippen molar-refractivity contribution in [2.75, 3.05) is 12.0 Å². The zero-order valence-corrected chi connectivity index (χ0v) is 9.80. The first-order chi connectivity index (χ1) is 6.62. The predicted octanol–water partition coefficient (Wildman–Crippen LogP) is 0.900. The molecule has 0 aliphatic carbocycles. The first kappa shape index (κ1) is 12.0. The summed E-state index contributed by atoms with van der Waals surface area (Å²) < 4.78 is 22.5. The molecule has 0 amide bonds. The van der Waals surface area contributed by atoms with E-state index in [1.165, 1.54) is 18.2 Å². The van der Waals surface area contributed by atoms with Crippen LogP contribution in [0.15, 0.2) is 23.1 Å². The van der Waals surface area contributed by atoms with E-state index in [0.717, 1.165) is 6.26 Å². The number of nitrogen functional groups attached to an aromatic ring is 1. The van der Waals surface area contributed by atoms with Crippen LogP contribution in [0, 0.1) is 0 Å². The highest BCUT2D eigenvalue weighted by molar-refractivity contribution is 7.90. The van der Waals surface area contributed by atoms with E-state index in [1.54, 1.807) is 13.8 Å². The molecule has 0 saturated heterocycles. The molecule has 1 aromatic rings. The number of aliphatic hydroxyl groups is 1. The molecular formula is C10H15NO3S. The van der Waals surface area contributed by atoms with Crippen LogP contribution in [0.5, 0.6) is 0 Å². The van der Waals surface area contributed by atoms with Crippen molar-refractivity contribution in [2.24, 2.45) is 0 Å². The van der Waals surface area contributed by atoms with Gasteiger partial charge < -0.3 is 10.8 Å². The fourth-order valence-electron chi connectivity index (χ4n) is 1.33. The molecule has 0 heterocycles. The van der Waals surface area contributed by atoms with Gasteiger partial charge in [0.2, 0.25) is 0 Å². The summed E-state index contributed by atoms with van der Waals surface area (Å²) in [6, 6.07) is 4.34. The van der Waals surface area contributed by atoms with Gasteiger partial charge in [-0.3, -0.25) is 0 Å². The van der Waals surface area contributed by atoms with Gasteiger partial charge in [0, 0.05) is 17.5 Å². The second kappa shape index (κ2) is 3.50. The molecule has 0 unspecified atom stereocenters. The highest BCUT2D eigenvalue weighted by atomic mass is 32.2. The molecular weight excluding hydrogens is 214 g/mol. The highest BCUT2D eigenvalue weighted by Crippen LogP contribution is 2.27. The Balaban J connectivity index is 3.34. The maximum atomic E-state index is 11.2. The summed E-state index contributed by atoms with van der Waals surface area (Å²) in [7, 11) is -3.25. The minimum atomic E-state index is -3.25. The van der Waals surface area contributed by atoms with E-state index in [9.17, 15) is 13.5 Å². The van der Waals surface area contributed by atoms with Crippen LogP contribution in [0.25, 0.3) is 0 Å². The summed E-state index contributed by atoms with van der Waals surface area (Å²) in [6.07, 6.45) is 1.12. The van der Waals surface area contributed by atoms with Crippen molar-refractivity contribution in [3.63, 3.8) is 0 Å². The van der Waals surface area contributed by atoms with E-state index < -0.39 is 15.4 Å². The topological polar surface area (TPSA) is 80.4 Å². The summed E-state index contributed by atoms with van der Waals surface area (Å²) in [4.78, 5) is 0.160. The van der Waals surface area contributed by atoms with Gasteiger partial charge in [-0.05, 0) is 26.0 Å². The summed E-state index contributed by atoms with van der Waals surface area (Å²) in [6.45, 7) is 3.19. The summed E-state index contributed by atoms with van der Waals surface area (Å²) in [5.74, 6) is 0. The molecule has 0 bridgehead atoms. The van der Waals surface area contributed by atoms with E-state index >= 15 is 0 Å². The first-order valence-electron chi connectivity index (χ1n) is 4.45. The number of anilines is 1. The minimum Gasteiger partial charge on any atom is -0.398 e. The quantitative estimate of drug-likeness (QED) is 0.738. The Morgan fingerprint density at radius 3 is 2.20 bits per heavy atom. The van der Waals surface area contributed by atoms with Gasteiger partial charge in [-0.1, -0.05) is 6.07 Å². The molecule has 1 aromatic carbocycles. The monoisotopic (exact) mass is 229 g/mol. The molecule has 3 N–H and O–H groups in total. The molecule has 1 rings (SSSR count). The van der Waals surface area contributed by atoms with Crippen molar-refractivity contribution in [3.05, 3.63) is 23.8 Å². The van der Waals surface area contributed by atoms with Crippen LogP contribution in [-0.4, -0.2) is 19.8 Å². The van der Waals surface area contributed by atoms with Crippen molar-refractivity contribution >= 4 is 15.5 Å². The molecule has 15 heavy (non-hydrogen) atoms. The van der Waals surface area contributed by atoms with E-state index in [2.05, 4.69) is 0 Å². The van der Waals surface area contributed by atoms with Crippen molar-refractivity contribution in [1.82, 2.24) is 0 Å². The van der Waals surface area contributed by atoms with Crippen LogP contribution in [0.2, 0.25) is 0 Å². The lowest BCUT2D eigenvalue weighted by Crippen LogP contribution is -2.18. The molecule has 0 saturated carbocycles. The van der Waals surface area contributed by atoms with E-state index in [1.807, 2.05) is 0 Å². The van der Waals surface area contributed by atoms with Crippen molar-refractivity contribution in [2.45, 2.75) is 24.3 Å². The Labute approximate surface area is 89.7 Å². The van der Waals surface area contributed by atoms with Crippen LogP contribution in [0.4, 0.5) is 5.69 Å². The molecule has 0 atom stereocenters. The van der Waals surface area contributed by atoms with Crippen molar-refractivity contribution < 1.29 is 13.5 Å². The Morgan fingerprint density at radius 2 is 1.87 bits per heavy atom. The van der Waals surface area contributed by atoms with Gasteiger partial charge in [0.15, 0.2) is 9.84 Å². The summed E-state index contributed by atoms with van der Waals surface area (Å²) >= 11 is 0. The number of hydrogen-bond donors (Lipinski definition) is 2. The molecule has 0 aromatic heterocycles. The predicted molar refractivity (Wildman–Crippen MR) is 59.2 cm³/mol. The average molecular weight is 229 g/mol. The van der Waals surface area contributed by atoms with Gasteiger partial charge in [-0.2, -0.15) is 0 Å². The van der Waals surface area contributed by atoms with Gasteiger partial charge in [0.1, 0.15) is 0 Å². The third kappa shape index (κ3) is 2.70. The Kier molecular flexibility index (Phi) is 2.80. The maximum Gasteiger partial charge on any atom is 0.175 e. The number of rotatable bonds is 2. The zero-order valence-electron chi connectivity index (χ0n) is 8.98. The first-order valence-corrected chi connectivity index (χ1v) is 6.34. The SMILES string of the molecule is CC(C)(O)c1ccc(S(C)(=O)=O)cc1N. The van der Waals surface area contributed by atoms with Gasteiger partial charge in [0.05, 0.1) is 10.5 Å². The lowest BCUT2D eigenvalue weighted by Gasteiger charge is -2.20. The third-order valence-corrected chi connectivity index (χ3v) is 3.22. The van der Waals surface area contributed by atoms with Gasteiger partial charge in [-0.15, -0.1) is 0 Å². The van der Waals surface area contributed by atoms with E-state index in [4.69, 9.17) is 5.73 Å². The maximum absolute atomic E-state index is 11.2. The van der Waals surface area contributed by atoms with Crippen molar-refractivity contribution in [3.8, 4) is 0 Å².